The second-order valence-corrected chi connectivity index (χ2v) is 9.44. The van der Waals surface area contributed by atoms with Gasteiger partial charge in [-0.05, 0) is 60.0 Å². The van der Waals surface area contributed by atoms with Crippen LogP contribution >= 0.6 is 0 Å². The van der Waals surface area contributed by atoms with E-state index in [2.05, 4.69) is 63.8 Å². The maximum atomic E-state index is 2.81. The Balaban J connectivity index is 1.63. The molecule has 2 aliphatic rings. The largest absolute Gasteiger partial charge is 0.300 e. The van der Waals surface area contributed by atoms with E-state index in [9.17, 15) is 0 Å². The van der Waals surface area contributed by atoms with Crippen LogP contribution in [0.2, 0.25) is 0 Å². The molecule has 0 bridgehead atoms. The molecule has 1 heteroatoms. The first-order valence-electron chi connectivity index (χ1n) is 9.67. The van der Waals surface area contributed by atoms with Crippen LogP contribution in [0.5, 0.6) is 0 Å². The van der Waals surface area contributed by atoms with E-state index in [4.69, 9.17) is 0 Å². The van der Waals surface area contributed by atoms with Gasteiger partial charge in [-0.1, -0.05) is 58.9 Å². The summed E-state index contributed by atoms with van der Waals surface area (Å²) in [5, 5.41) is 0. The maximum absolute atomic E-state index is 2.81. The van der Waals surface area contributed by atoms with Gasteiger partial charge in [0.05, 0.1) is 0 Å². The summed E-state index contributed by atoms with van der Waals surface area (Å²) in [5.41, 5.74) is 3.28. The second kappa shape index (κ2) is 6.59. The Kier molecular flexibility index (Phi) is 4.88. The van der Waals surface area contributed by atoms with Crippen molar-refractivity contribution in [2.24, 2.45) is 11.8 Å². The van der Waals surface area contributed by atoms with E-state index >= 15 is 0 Å². The van der Waals surface area contributed by atoms with Crippen molar-refractivity contribution in [3.63, 3.8) is 0 Å². The average molecular weight is 314 g/mol. The van der Waals surface area contributed by atoms with Gasteiger partial charge in [0.15, 0.2) is 0 Å². The summed E-state index contributed by atoms with van der Waals surface area (Å²) in [4.78, 5) is 2.81. The molecule has 1 aliphatic carbocycles. The van der Waals surface area contributed by atoms with E-state index in [0.29, 0.717) is 0 Å². The van der Waals surface area contributed by atoms with Crippen molar-refractivity contribution in [3.8, 4) is 0 Å². The molecule has 1 aromatic rings. The summed E-state index contributed by atoms with van der Waals surface area (Å²) in [6, 6.07) is 10.3. The minimum atomic E-state index is 0.261. The van der Waals surface area contributed by atoms with Gasteiger partial charge in [0.25, 0.3) is 0 Å². The molecule has 0 spiro atoms. The molecule has 0 N–H and O–H groups in total. The molecule has 23 heavy (non-hydrogen) atoms. The van der Waals surface area contributed by atoms with Gasteiger partial charge in [0.1, 0.15) is 0 Å². The minimum absolute atomic E-state index is 0.261. The summed E-state index contributed by atoms with van der Waals surface area (Å²) in [6.45, 7) is 14.4. The lowest BCUT2D eigenvalue weighted by Gasteiger charge is -2.39. The van der Waals surface area contributed by atoms with Gasteiger partial charge in [0.2, 0.25) is 0 Å². The molecular formula is C22H35N. The molecule has 128 valence electrons. The van der Waals surface area contributed by atoms with E-state index in [0.717, 1.165) is 23.8 Å². The third-order valence-electron chi connectivity index (χ3n) is 6.07. The zero-order valence-electron chi connectivity index (χ0n) is 15.8. The van der Waals surface area contributed by atoms with E-state index in [1.807, 2.05) is 0 Å². The van der Waals surface area contributed by atoms with Crippen LogP contribution in [-0.2, 0) is 5.41 Å². The molecule has 0 radical (unpaired) electrons. The second-order valence-electron chi connectivity index (χ2n) is 9.44. The Morgan fingerprint density at radius 2 is 1.48 bits per heavy atom. The number of nitrogens with zero attached hydrogens (tertiary/aromatic N) is 1. The van der Waals surface area contributed by atoms with Crippen LogP contribution in [0.25, 0.3) is 0 Å². The number of piperidine rings is 1. The highest BCUT2D eigenvalue weighted by Gasteiger charge is 2.33. The van der Waals surface area contributed by atoms with Crippen molar-refractivity contribution < 1.29 is 0 Å². The smallest absolute Gasteiger partial charge is 0.0101 e. The molecular weight excluding hydrogens is 278 g/mol. The minimum Gasteiger partial charge on any atom is -0.300 e. The molecule has 1 aromatic carbocycles. The van der Waals surface area contributed by atoms with Crippen LogP contribution < -0.4 is 0 Å². The van der Waals surface area contributed by atoms with E-state index < -0.39 is 0 Å². The third-order valence-corrected chi connectivity index (χ3v) is 6.07. The van der Waals surface area contributed by atoms with Gasteiger partial charge in [-0.15, -0.1) is 0 Å². The fraction of sp³-hybridized carbons (Fsp3) is 0.727. The molecule has 1 saturated carbocycles. The van der Waals surface area contributed by atoms with Crippen molar-refractivity contribution in [3.05, 3.63) is 35.4 Å². The lowest BCUT2D eigenvalue weighted by molar-refractivity contribution is 0.0971. The summed E-state index contributed by atoms with van der Waals surface area (Å²) in [5.74, 6) is 2.54. The fourth-order valence-electron chi connectivity index (χ4n) is 4.86. The summed E-state index contributed by atoms with van der Waals surface area (Å²) >= 11 is 0. The zero-order valence-corrected chi connectivity index (χ0v) is 15.8. The van der Waals surface area contributed by atoms with Crippen LogP contribution in [0.3, 0.4) is 0 Å². The van der Waals surface area contributed by atoms with Crippen molar-refractivity contribution >= 4 is 0 Å². The summed E-state index contributed by atoms with van der Waals surface area (Å²) < 4.78 is 0. The van der Waals surface area contributed by atoms with E-state index in [-0.39, 0.29) is 5.41 Å². The van der Waals surface area contributed by atoms with Crippen LogP contribution in [-0.4, -0.2) is 24.0 Å². The lowest BCUT2D eigenvalue weighted by atomic mass is 9.85. The van der Waals surface area contributed by atoms with Crippen molar-refractivity contribution in [1.29, 1.82) is 0 Å². The fourth-order valence-corrected chi connectivity index (χ4v) is 4.86. The zero-order chi connectivity index (χ0) is 16.6. The Morgan fingerprint density at radius 1 is 0.870 bits per heavy atom. The molecule has 3 rings (SSSR count). The highest BCUT2D eigenvalue weighted by molar-refractivity contribution is 5.30. The Labute approximate surface area is 143 Å². The molecule has 1 saturated heterocycles. The lowest BCUT2D eigenvalue weighted by Crippen LogP contribution is -2.44. The first-order chi connectivity index (χ1) is 10.8. The molecule has 0 amide bonds. The van der Waals surface area contributed by atoms with Gasteiger partial charge in [0, 0.05) is 19.1 Å². The number of hydrogen-bond donors (Lipinski definition) is 0. The Morgan fingerprint density at radius 3 is 2.04 bits per heavy atom. The molecule has 1 aliphatic heterocycles. The van der Waals surface area contributed by atoms with Gasteiger partial charge >= 0.3 is 0 Å². The molecule has 2 fully saturated rings. The molecule has 1 nitrogen and oxygen atoms in total. The summed E-state index contributed by atoms with van der Waals surface area (Å²) in [6.07, 6.45) is 5.55. The molecule has 4 atom stereocenters. The van der Waals surface area contributed by atoms with Crippen LogP contribution in [0.4, 0.5) is 0 Å². The predicted molar refractivity (Wildman–Crippen MR) is 100 cm³/mol. The van der Waals surface area contributed by atoms with Crippen LogP contribution in [0.1, 0.15) is 77.3 Å². The van der Waals surface area contributed by atoms with Crippen molar-refractivity contribution in [2.45, 2.75) is 77.7 Å². The topological polar surface area (TPSA) is 3.24 Å². The number of likely N-dealkylation sites (tertiary alicyclic amines) is 1. The molecule has 1 heterocycles. The van der Waals surface area contributed by atoms with Crippen LogP contribution in [0, 0.1) is 11.8 Å². The first kappa shape index (κ1) is 17.0. The first-order valence-corrected chi connectivity index (χ1v) is 9.67. The van der Waals surface area contributed by atoms with Crippen LogP contribution in [0.15, 0.2) is 24.3 Å². The highest BCUT2D eigenvalue weighted by Crippen LogP contribution is 2.39. The third kappa shape index (κ3) is 3.99. The normalized spacial score (nSPS) is 33.1. The molecule has 0 unspecified atom stereocenters. The molecule has 0 aromatic heterocycles. The van der Waals surface area contributed by atoms with Gasteiger partial charge < -0.3 is 0 Å². The summed E-state index contributed by atoms with van der Waals surface area (Å²) in [7, 11) is 0. The van der Waals surface area contributed by atoms with E-state index in [1.165, 1.54) is 44.3 Å². The SMILES string of the molecule is C[C@@H]1C[C@H](C)CN([C@@H]2CC[C@H](c3ccc(C(C)(C)C)cc3)C2)C1. The highest BCUT2D eigenvalue weighted by atomic mass is 15.2. The van der Waals surface area contributed by atoms with E-state index in [1.54, 1.807) is 5.56 Å². The monoisotopic (exact) mass is 313 g/mol. The Hall–Kier alpha value is -0.820. The van der Waals surface area contributed by atoms with Gasteiger partial charge in [-0.2, -0.15) is 0 Å². The number of rotatable bonds is 2. The standard InChI is InChI=1S/C22H35N/c1-16-12-17(2)15-23(14-16)21-11-8-19(13-21)18-6-9-20(10-7-18)22(3,4)5/h6-7,9-10,16-17,19,21H,8,11-15H2,1-5H3/t16-,17+,19-,21+/m0/s1. The maximum Gasteiger partial charge on any atom is 0.0101 e. The Bertz CT molecular complexity index is 500. The van der Waals surface area contributed by atoms with Crippen molar-refractivity contribution in [1.82, 2.24) is 4.90 Å². The van der Waals surface area contributed by atoms with Crippen molar-refractivity contribution in [2.75, 3.05) is 13.1 Å². The predicted octanol–water partition coefficient (Wildman–Crippen LogP) is 5.60. The number of hydrogen-bond acceptors (Lipinski definition) is 1. The van der Waals surface area contributed by atoms with Gasteiger partial charge in [-0.25, -0.2) is 0 Å². The average Bonchev–Trinajstić information content (AvgIpc) is 2.95. The van der Waals surface area contributed by atoms with Gasteiger partial charge in [-0.3, -0.25) is 4.90 Å². The quantitative estimate of drug-likeness (QED) is 0.687. The number of benzene rings is 1.